The van der Waals surface area contributed by atoms with Gasteiger partial charge in [-0.25, -0.2) is 8.42 Å². The summed E-state index contributed by atoms with van der Waals surface area (Å²) in [5.41, 5.74) is 1.01. The molecule has 27 heavy (non-hydrogen) atoms. The van der Waals surface area contributed by atoms with Crippen LogP contribution in [0.2, 0.25) is 0 Å². The van der Waals surface area contributed by atoms with Crippen molar-refractivity contribution in [2.24, 2.45) is 13.0 Å². The van der Waals surface area contributed by atoms with Crippen LogP contribution in [0.1, 0.15) is 5.56 Å². The maximum Gasteiger partial charge on any atom is 0.252 e. The monoisotopic (exact) mass is 390 g/mol. The first-order valence-corrected chi connectivity index (χ1v) is 10.2. The second-order valence-corrected chi connectivity index (χ2v) is 8.95. The van der Waals surface area contributed by atoms with Gasteiger partial charge in [0.25, 0.3) is 5.91 Å². The van der Waals surface area contributed by atoms with Gasteiger partial charge in [-0.3, -0.25) is 9.48 Å². The van der Waals surface area contributed by atoms with E-state index in [1.165, 1.54) is 28.5 Å². The first kappa shape index (κ1) is 18.1. The van der Waals surface area contributed by atoms with E-state index in [4.69, 9.17) is 4.74 Å². The van der Waals surface area contributed by atoms with Crippen molar-refractivity contribution in [3.8, 4) is 0 Å². The summed E-state index contributed by atoms with van der Waals surface area (Å²) in [5.74, 6) is -0.257. The van der Waals surface area contributed by atoms with Crippen LogP contribution in [-0.2, 0) is 33.1 Å². The van der Waals surface area contributed by atoms with E-state index in [2.05, 4.69) is 5.10 Å². The molecule has 1 aromatic heterocycles. The lowest BCUT2D eigenvalue weighted by Gasteiger charge is -2.25. The number of ether oxygens (including phenoxy) is 1. The molecule has 2 fully saturated rings. The van der Waals surface area contributed by atoms with Gasteiger partial charge in [0, 0.05) is 45.9 Å². The maximum absolute atomic E-state index is 12.9. The molecule has 2 saturated heterocycles. The molecule has 3 atom stereocenters. The van der Waals surface area contributed by atoms with Crippen LogP contribution >= 0.6 is 0 Å². The van der Waals surface area contributed by atoms with Crippen molar-refractivity contribution in [2.75, 3.05) is 20.2 Å². The van der Waals surface area contributed by atoms with Crippen molar-refractivity contribution >= 4 is 15.9 Å². The number of nitrogens with zero attached hydrogens (tertiary/aromatic N) is 4. The smallest absolute Gasteiger partial charge is 0.252 e. The summed E-state index contributed by atoms with van der Waals surface area (Å²) in [6.07, 6.45) is 2.22. The van der Waals surface area contributed by atoms with Gasteiger partial charge in [-0.15, -0.1) is 0 Å². The van der Waals surface area contributed by atoms with Crippen LogP contribution < -0.4 is 0 Å². The zero-order valence-electron chi connectivity index (χ0n) is 15.2. The molecule has 3 heterocycles. The van der Waals surface area contributed by atoms with E-state index < -0.39 is 16.1 Å². The zero-order chi connectivity index (χ0) is 19.2. The third-order valence-electron chi connectivity index (χ3n) is 5.38. The Morgan fingerprint density at radius 2 is 1.96 bits per heavy atom. The molecule has 0 radical (unpaired) electrons. The van der Waals surface area contributed by atoms with E-state index in [-0.39, 0.29) is 35.9 Å². The Balaban J connectivity index is 1.60. The van der Waals surface area contributed by atoms with Crippen LogP contribution in [-0.4, -0.2) is 65.7 Å². The van der Waals surface area contributed by atoms with Crippen molar-refractivity contribution in [2.45, 2.75) is 23.6 Å². The van der Waals surface area contributed by atoms with Gasteiger partial charge in [0.05, 0.1) is 12.2 Å². The number of amides is 1. The van der Waals surface area contributed by atoms with Crippen LogP contribution in [0.3, 0.4) is 0 Å². The van der Waals surface area contributed by atoms with Crippen molar-refractivity contribution in [1.82, 2.24) is 19.0 Å². The molecule has 1 aromatic carbocycles. The number of aromatic nitrogens is 2. The SMILES string of the molecule is CO[C@@H]1C(=O)N(Cc2ccccc2)[C@@H]2CN(S(=O)(=O)c3cnn(C)c3)C[C@H]12. The van der Waals surface area contributed by atoms with Crippen LogP contribution in [0.4, 0.5) is 0 Å². The number of methoxy groups -OCH3 is 1. The summed E-state index contributed by atoms with van der Waals surface area (Å²) in [6, 6.07) is 9.50. The first-order chi connectivity index (χ1) is 12.9. The van der Waals surface area contributed by atoms with Crippen molar-refractivity contribution in [1.29, 1.82) is 0 Å². The van der Waals surface area contributed by atoms with Crippen LogP contribution in [0, 0.1) is 5.92 Å². The lowest BCUT2D eigenvalue weighted by atomic mass is 10.0. The largest absolute Gasteiger partial charge is 0.371 e. The molecule has 0 saturated carbocycles. The molecular formula is C18H22N4O4S. The molecule has 0 unspecified atom stereocenters. The Kier molecular flexibility index (Phi) is 4.53. The fraction of sp³-hybridized carbons (Fsp3) is 0.444. The molecule has 1 amide bonds. The van der Waals surface area contributed by atoms with E-state index in [1.54, 1.807) is 11.9 Å². The normalized spacial score (nSPS) is 25.9. The minimum absolute atomic E-state index is 0.0743. The summed E-state index contributed by atoms with van der Waals surface area (Å²) in [7, 11) is -0.465. The maximum atomic E-state index is 12.9. The van der Waals surface area contributed by atoms with Gasteiger partial charge >= 0.3 is 0 Å². The predicted octanol–water partition coefficient (Wildman–Crippen LogP) is 0.467. The second kappa shape index (κ2) is 6.74. The molecule has 8 nitrogen and oxygen atoms in total. The number of hydrogen-bond donors (Lipinski definition) is 0. The summed E-state index contributed by atoms with van der Waals surface area (Å²) < 4.78 is 34.2. The fourth-order valence-corrected chi connectivity index (χ4v) is 5.52. The van der Waals surface area contributed by atoms with Gasteiger partial charge in [-0.05, 0) is 5.56 Å². The highest BCUT2D eigenvalue weighted by Gasteiger charge is 2.54. The zero-order valence-corrected chi connectivity index (χ0v) is 16.0. The quantitative estimate of drug-likeness (QED) is 0.741. The number of carbonyl (C=O) groups excluding carboxylic acids is 1. The van der Waals surface area contributed by atoms with Crippen LogP contribution in [0.25, 0.3) is 0 Å². The Morgan fingerprint density at radius 3 is 2.59 bits per heavy atom. The summed E-state index contributed by atoms with van der Waals surface area (Å²) in [4.78, 5) is 14.7. The lowest BCUT2D eigenvalue weighted by Crippen LogP contribution is -2.40. The standard InChI is InChI=1S/C18H22N4O4S/c1-20-10-14(8-19-20)27(24,25)21-11-15-16(12-21)22(18(23)17(15)26-2)9-13-6-4-3-5-7-13/h3-8,10,15-17H,9,11-12H2,1-2H3/t15-,16+,17-/m0/s1. The van der Waals surface area contributed by atoms with E-state index in [0.29, 0.717) is 6.54 Å². The molecule has 144 valence electrons. The number of likely N-dealkylation sites (tertiary alicyclic amines) is 1. The highest BCUT2D eigenvalue weighted by atomic mass is 32.2. The number of aryl methyl sites for hydroxylation is 1. The van der Waals surface area contributed by atoms with E-state index in [1.807, 2.05) is 30.3 Å². The molecule has 0 N–H and O–H groups in total. The van der Waals surface area contributed by atoms with Crippen molar-refractivity contribution in [3.63, 3.8) is 0 Å². The molecule has 4 rings (SSSR count). The summed E-state index contributed by atoms with van der Waals surface area (Å²) in [5, 5.41) is 3.96. The lowest BCUT2D eigenvalue weighted by molar-refractivity contribution is -0.138. The van der Waals surface area contributed by atoms with Gasteiger partial charge < -0.3 is 9.64 Å². The van der Waals surface area contributed by atoms with Crippen LogP contribution in [0.15, 0.2) is 47.6 Å². The highest BCUT2D eigenvalue weighted by molar-refractivity contribution is 7.89. The average molecular weight is 390 g/mol. The Morgan fingerprint density at radius 1 is 1.22 bits per heavy atom. The summed E-state index contributed by atoms with van der Waals surface area (Å²) >= 11 is 0. The first-order valence-electron chi connectivity index (χ1n) is 8.78. The minimum Gasteiger partial charge on any atom is -0.371 e. The number of hydrogen-bond acceptors (Lipinski definition) is 5. The van der Waals surface area contributed by atoms with Crippen molar-refractivity contribution in [3.05, 3.63) is 48.3 Å². The molecule has 0 spiro atoms. The van der Waals surface area contributed by atoms with E-state index in [9.17, 15) is 13.2 Å². The average Bonchev–Trinajstić information content (AvgIpc) is 3.33. The summed E-state index contributed by atoms with van der Waals surface area (Å²) in [6.45, 7) is 0.971. The Bertz CT molecular complexity index is 943. The van der Waals surface area contributed by atoms with Gasteiger partial charge in [0.1, 0.15) is 11.0 Å². The number of sulfonamides is 1. The van der Waals surface area contributed by atoms with Gasteiger partial charge in [-0.2, -0.15) is 9.40 Å². The molecule has 2 aliphatic heterocycles. The second-order valence-electron chi connectivity index (χ2n) is 7.01. The molecule has 2 aliphatic rings. The molecule has 0 aliphatic carbocycles. The number of fused-ring (bicyclic) bond motifs is 1. The van der Waals surface area contributed by atoms with Gasteiger partial charge in [-0.1, -0.05) is 30.3 Å². The molecule has 9 heteroatoms. The highest BCUT2D eigenvalue weighted by Crippen LogP contribution is 2.37. The third-order valence-corrected chi connectivity index (χ3v) is 7.17. The van der Waals surface area contributed by atoms with E-state index in [0.717, 1.165) is 5.56 Å². The van der Waals surface area contributed by atoms with Crippen LogP contribution in [0.5, 0.6) is 0 Å². The fourth-order valence-electron chi connectivity index (χ4n) is 4.04. The van der Waals surface area contributed by atoms with Crippen molar-refractivity contribution < 1.29 is 17.9 Å². The number of benzene rings is 1. The van der Waals surface area contributed by atoms with Gasteiger partial charge in [0.15, 0.2) is 0 Å². The van der Waals surface area contributed by atoms with E-state index >= 15 is 0 Å². The molecule has 2 aromatic rings. The molecule has 0 bridgehead atoms. The minimum atomic E-state index is -3.65. The topological polar surface area (TPSA) is 84.7 Å². The Labute approximate surface area is 158 Å². The number of rotatable bonds is 5. The Hall–Kier alpha value is -2.23. The molecular weight excluding hydrogens is 368 g/mol. The van der Waals surface area contributed by atoms with Gasteiger partial charge in [0.2, 0.25) is 10.0 Å². The third kappa shape index (κ3) is 3.05. The number of carbonyl (C=O) groups is 1. The predicted molar refractivity (Wildman–Crippen MR) is 97.0 cm³/mol.